The molecule has 1 aromatic carbocycles. The van der Waals surface area contributed by atoms with E-state index in [1.165, 1.54) is 6.07 Å². The van der Waals surface area contributed by atoms with E-state index in [9.17, 15) is 18.0 Å². The molecule has 0 bridgehead atoms. The van der Waals surface area contributed by atoms with Gasteiger partial charge in [0.25, 0.3) is 0 Å². The summed E-state index contributed by atoms with van der Waals surface area (Å²) in [5.74, 6) is -1.24. The highest BCUT2D eigenvalue weighted by molar-refractivity contribution is 5.73. The molecule has 0 aromatic heterocycles. The summed E-state index contributed by atoms with van der Waals surface area (Å²) in [6.07, 6.45) is -5.03. The lowest BCUT2D eigenvalue weighted by Gasteiger charge is -2.14. The highest BCUT2D eigenvalue weighted by atomic mass is 19.4. The van der Waals surface area contributed by atoms with Crippen LogP contribution in [0.3, 0.4) is 0 Å². The first-order valence-electron chi connectivity index (χ1n) is 5.08. The summed E-state index contributed by atoms with van der Waals surface area (Å²) in [4.78, 5) is 11.1. The molecule has 0 aliphatic heterocycles. The number of methoxy groups -OCH3 is 2. The van der Waals surface area contributed by atoms with Gasteiger partial charge in [-0.2, -0.15) is 18.4 Å². The minimum atomic E-state index is -4.68. The van der Waals surface area contributed by atoms with Gasteiger partial charge in [0, 0.05) is 0 Å². The number of hydrogen-bond donors (Lipinski definition) is 0. The van der Waals surface area contributed by atoms with Gasteiger partial charge < -0.3 is 9.47 Å². The maximum atomic E-state index is 12.8. The monoisotopic (exact) mass is 273 g/mol. The van der Waals surface area contributed by atoms with Gasteiger partial charge in [0.05, 0.1) is 31.8 Å². The first-order chi connectivity index (χ1) is 8.83. The molecule has 102 valence electrons. The fourth-order valence-electron chi connectivity index (χ4n) is 1.54. The van der Waals surface area contributed by atoms with Crippen molar-refractivity contribution in [3.05, 3.63) is 28.8 Å². The fraction of sp³-hybridized carbons (Fsp3) is 0.333. The molecular weight excluding hydrogens is 263 g/mol. The van der Waals surface area contributed by atoms with Gasteiger partial charge in [-0.15, -0.1) is 0 Å². The maximum Gasteiger partial charge on any atom is 0.420 e. The molecule has 19 heavy (non-hydrogen) atoms. The first kappa shape index (κ1) is 14.8. The summed E-state index contributed by atoms with van der Waals surface area (Å²) in [5.41, 5.74) is -1.33. The van der Waals surface area contributed by atoms with E-state index in [-0.39, 0.29) is 17.5 Å². The second-order valence-electron chi connectivity index (χ2n) is 3.59. The van der Waals surface area contributed by atoms with E-state index in [0.29, 0.717) is 0 Å². The normalized spacial score (nSPS) is 10.7. The predicted octanol–water partition coefficient (Wildman–Crippen LogP) is 2.30. The van der Waals surface area contributed by atoms with Crippen molar-refractivity contribution in [2.24, 2.45) is 0 Å². The van der Waals surface area contributed by atoms with Crippen LogP contribution >= 0.6 is 0 Å². The van der Waals surface area contributed by atoms with Gasteiger partial charge in [0.2, 0.25) is 0 Å². The zero-order chi connectivity index (χ0) is 14.6. The van der Waals surface area contributed by atoms with Crippen LogP contribution in [0.25, 0.3) is 0 Å². The number of rotatable bonds is 3. The number of carbonyl (C=O) groups is 1. The molecule has 0 aliphatic carbocycles. The SMILES string of the molecule is COC(=O)Cc1cc(C#N)c(OC)c(C(F)(F)F)c1. The third-order valence-corrected chi connectivity index (χ3v) is 2.35. The molecule has 0 spiro atoms. The number of benzene rings is 1. The number of halogens is 3. The van der Waals surface area contributed by atoms with Gasteiger partial charge in [-0.1, -0.05) is 0 Å². The Kier molecular flexibility index (Phi) is 4.38. The number of alkyl halides is 3. The summed E-state index contributed by atoms with van der Waals surface area (Å²) in [6, 6.07) is 3.56. The molecule has 0 radical (unpaired) electrons. The number of nitrogens with zero attached hydrogens (tertiary/aromatic N) is 1. The Balaban J connectivity index is 3.40. The van der Waals surface area contributed by atoms with Crippen molar-refractivity contribution in [3.63, 3.8) is 0 Å². The maximum absolute atomic E-state index is 12.8. The second kappa shape index (κ2) is 5.61. The van der Waals surface area contributed by atoms with Crippen LogP contribution in [0.15, 0.2) is 12.1 Å². The molecule has 0 fully saturated rings. The van der Waals surface area contributed by atoms with Gasteiger partial charge >= 0.3 is 12.1 Å². The van der Waals surface area contributed by atoms with E-state index < -0.39 is 23.5 Å². The van der Waals surface area contributed by atoms with E-state index in [1.807, 2.05) is 0 Å². The molecule has 0 saturated heterocycles. The lowest BCUT2D eigenvalue weighted by Crippen LogP contribution is -2.11. The molecule has 1 aromatic rings. The van der Waals surface area contributed by atoms with Crippen molar-refractivity contribution in [1.82, 2.24) is 0 Å². The van der Waals surface area contributed by atoms with Crippen molar-refractivity contribution in [2.45, 2.75) is 12.6 Å². The average Bonchev–Trinajstić information content (AvgIpc) is 2.36. The Bertz CT molecular complexity index is 532. The predicted molar refractivity (Wildman–Crippen MR) is 58.4 cm³/mol. The Morgan fingerprint density at radius 3 is 2.42 bits per heavy atom. The molecule has 4 nitrogen and oxygen atoms in total. The number of ether oxygens (including phenoxy) is 2. The quantitative estimate of drug-likeness (QED) is 0.793. The molecule has 0 heterocycles. The highest BCUT2D eigenvalue weighted by Gasteiger charge is 2.36. The zero-order valence-corrected chi connectivity index (χ0v) is 10.2. The lowest BCUT2D eigenvalue weighted by atomic mass is 10.0. The van der Waals surface area contributed by atoms with Crippen LogP contribution in [0.2, 0.25) is 0 Å². The van der Waals surface area contributed by atoms with Gasteiger partial charge in [-0.05, 0) is 17.7 Å². The number of hydrogen-bond acceptors (Lipinski definition) is 4. The molecule has 0 aliphatic rings. The highest BCUT2D eigenvalue weighted by Crippen LogP contribution is 2.38. The van der Waals surface area contributed by atoms with Crippen LogP contribution < -0.4 is 4.74 Å². The first-order valence-corrected chi connectivity index (χ1v) is 5.08. The van der Waals surface area contributed by atoms with Crippen molar-refractivity contribution >= 4 is 5.97 Å². The van der Waals surface area contributed by atoms with Crippen LogP contribution in [0.5, 0.6) is 5.75 Å². The Morgan fingerprint density at radius 1 is 1.37 bits per heavy atom. The molecular formula is C12H10F3NO3. The van der Waals surface area contributed by atoms with Gasteiger partial charge in [0.15, 0.2) is 0 Å². The largest absolute Gasteiger partial charge is 0.495 e. The smallest absolute Gasteiger partial charge is 0.420 e. The summed E-state index contributed by atoms with van der Waals surface area (Å²) in [6.45, 7) is 0. The number of nitriles is 1. The lowest BCUT2D eigenvalue weighted by molar-refractivity contribution is -0.141. The van der Waals surface area contributed by atoms with E-state index in [2.05, 4.69) is 9.47 Å². The summed E-state index contributed by atoms with van der Waals surface area (Å²) in [5, 5.41) is 8.84. The summed E-state index contributed by atoms with van der Waals surface area (Å²) < 4.78 is 47.5. The molecule has 0 N–H and O–H groups in total. The molecule has 0 atom stereocenters. The van der Waals surface area contributed by atoms with Crippen LogP contribution in [0, 0.1) is 11.3 Å². The van der Waals surface area contributed by atoms with Crippen molar-refractivity contribution in [1.29, 1.82) is 5.26 Å². The Morgan fingerprint density at radius 2 is 2.00 bits per heavy atom. The Labute approximate surface area is 107 Å². The van der Waals surface area contributed by atoms with Gasteiger partial charge in [0.1, 0.15) is 11.8 Å². The van der Waals surface area contributed by atoms with Crippen molar-refractivity contribution < 1.29 is 27.4 Å². The van der Waals surface area contributed by atoms with E-state index in [1.54, 1.807) is 6.07 Å². The minimum absolute atomic E-state index is 0.0384. The minimum Gasteiger partial charge on any atom is -0.495 e. The van der Waals surface area contributed by atoms with E-state index in [4.69, 9.17) is 5.26 Å². The van der Waals surface area contributed by atoms with Gasteiger partial charge in [-0.25, -0.2) is 0 Å². The average molecular weight is 273 g/mol. The van der Waals surface area contributed by atoms with Gasteiger partial charge in [-0.3, -0.25) is 4.79 Å². The third kappa shape index (κ3) is 3.37. The van der Waals surface area contributed by atoms with Crippen LogP contribution in [0.1, 0.15) is 16.7 Å². The van der Waals surface area contributed by atoms with Crippen molar-refractivity contribution in [2.75, 3.05) is 14.2 Å². The molecule has 0 unspecified atom stereocenters. The topological polar surface area (TPSA) is 59.3 Å². The second-order valence-corrected chi connectivity index (χ2v) is 3.59. The van der Waals surface area contributed by atoms with Crippen LogP contribution in [-0.4, -0.2) is 20.2 Å². The summed E-state index contributed by atoms with van der Waals surface area (Å²) in [7, 11) is 2.17. The number of carbonyl (C=O) groups excluding carboxylic acids is 1. The van der Waals surface area contributed by atoms with Crippen molar-refractivity contribution in [3.8, 4) is 11.8 Å². The standard InChI is InChI=1S/C12H10F3NO3/c1-18-10(17)5-7-3-8(6-16)11(19-2)9(4-7)12(13,14)15/h3-4H,5H2,1-2H3. The Hall–Kier alpha value is -2.23. The van der Waals surface area contributed by atoms with Crippen LogP contribution in [0.4, 0.5) is 13.2 Å². The molecule has 0 amide bonds. The number of esters is 1. The van der Waals surface area contributed by atoms with Crippen LogP contribution in [-0.2, 0) is 22.1 Å². The van der Waals surface area contributed by atoms with E-state index >= 15 is 0 Å². The molecule has 7 heteroatoms. The van der Waals surface area contributed by atoms with E-state index in [0.717, 1.165) is 20.3 Å². The molecule has 1 rings (SSSR count). The fourth-order valence-corrected chi connectivity index (χ4v) is 1.54. The molecule has 0 saturated carbocycles. The third-order valence-electron chi connectivity index (χ3n) is 2.35. The zero-order valence-electron chi connectivity index (χ0n) is 10.2. The summed E-state index contributed by atoms with van der Waals surface area (Å²) >= 11 is 0.